The van der Waals surface area contributed by atoms with Crippen LogP contribution in [0.3, 0.4) is 0 Å². The molecule has 0 aliphatic carbocycles. The molecule has 3 heteroatoms. The summed E-state index contributed by atoms with van der Waals surface area (Å²) in [6.45, 7) is 4.88. The number of hydrogen-bond donors (Lipinski definition) is 0. The van der Waals surface area contributed by atoms with Gasteiger partial charge < -0.3 is 4.90 Å². The van der Waals surface area contributed by atoms with Crippen LogP contribution in [0.5, 0.6) is 0 Å². The van der Waals surface area contributed by atoms with Crippen molar-refractivity contribution in [1.29, 1.82) is 0 Å². The number of unbranched alkanes of at least 4 members (excludes halogenated alkanes) is 2. The van der Waals surface area contributed by atoms with E-state index in [0.717, 1.165) is 35.8 Å². The lowest BCUT2D eigenvalue weighted by molar-refractivity contribution is 0.0792. The van der Waals surface area contributed by atoms with Gasteiger partial charge in [-0.25, -0.2) is 0 Å². The number of benzene rings is 1. The molecule has 100 valence electrons. The summed E-state index contributed by atoms with van der Waals surface area (Å²) >= 11 is 3.42. The number of aryl methyl sites for hydroxylation is 2. The zero-order chi connectivity index (χ0) is 13.5. The van der Waals surface area contributed by atoms with Crippen LogP contribution in [-0.2, 0) is 0 Å². The number of carbonyl (C=O) groups is 1. The monoisotopic (exact) mass is 311 g/mol. The third-order valence-corrected chi connectivity index (χ3v) is 3.65. The first-order valence-electron chi connectivity index (χ1n) is 6.45. The van der Waals surface area contributed by atoms with Gasteiger partial charge in [-0.2, -0.15) is 0 Å². The van der Waals surface area contributed by atoms with Crippen LogP contribution in [0.25, 0.3) is 0 Å². The van der Waals surface area contributed by atoms with E-state index in [-0.39, 0.29) is 5.91 Å². The van der Waals surface area contributed by atoms with E-state index in [4.69, 9.17) is 0 Å². The molecule has 18 heavy (non-hydrogen) atoms. The van der Waals surface area contributed by atoms with Crippen molar-refractivity contribution in [1.82, 2.24) is 4.90 Å². The number of carbonyl (C=O) groups excluding carboxylic acids is 1. The molecule has 0 heterocycles. The molecular weight excluding hydrogens is 290 g/mol. The average Bonchev–Trinajstić information content (AvgIpc) is 2.33. The van der Waals surface area contributed by atoms with Crippen molar-refractivity contribution in [2.45, 2.75) is 33.1 Å². The van der Waals surface area contributed by atoms with Gasteiger partial charge in [-0.05, 0) is 38.3 Å². The van der Waals surface area contributed by atoms with Crippen LogP contribution in [0, 0.1) is 13.8 Å². The highest BCUT2D eigenvalue weighted by molar-refractivity contribution is 9.09. The van der Waals surface area contributed by atoms with Crippen LogP contribution in [0.15, 0.2) is 18.2 Å². The third kappa shape index (κ3) is 4.45. The van der Waals surface area contributed by atoms with Crippen molar-refractivity contribution < 1.29 is 4.79 Å². The van der Waals surface area contributed by atoms with Crippen molar-refractivity contribution in [2.24, 2.45) is 0 Å². The fourth-order valence-corrected chi connectivity index (χ4v) is 2.38. The normalized spacial score (nSPS) is 10.4. The van der Waals surface area contributed by atoms with E-state index in [0.29, 0.717) is 0 Å². The van der Waals surface area contributed by atoms with E-state index in [1.165, 1.54) is 12.0 Å². The van der Waals surface area contributed by atoms with Gasteiger partial charge in [0.25, 0.3) is 5.91 Å². The van der Waals surface area contributed by atoms with Crippen molar-refractivity contribution in [3.05, 3.63) is 34.9 Å². The molecule has 0 aromatic heterocycles. The highest BCUT2D eigenvalue weighted by Crippen LogP contribution is 2.13. The maximum atomic E-state index is 12.3. The molecule has 1 aromatic rings. The second-order valence-electron chi connectivity index (χ2n) is 4.79. The Labute approximate surface area is 119 Å². The minimum Gasteiger partial charge on any atom is -0.342 e. The first kappa shape index (κ1) is 15.2. The fraction of sp³-hybridized carbons (Fsp3) is 0.533. The Morgan fingerprint density at radius 2 is 1.94 bits per heavy atom. The van der Waals surface area contributed by atoms with Crippen molar-refractivity contribution in [3.63, 3.8) is 0 Å². The maximum absolute atomic E-state index is 12.3. The number of rotatable bonds is 6. The second kappa shape index (κ2) is 7.57. The molecule has 1 amide bonds. The molecule has 1 rings (SSSR count). The zero-order valence-corrected chi connectivity index (χ0v) is 13.1. The largest absolute Gasteiger partial charge is 0.342 e. The summed E-state index contributed by atoms with van der Waals surface area (Å²) in [5.41, 5.74) is 3.08. The summed E-state index contributed by atoms with van der Waals surface area (Å²) in [6, 6.07) is 5.99. The molecule has 0 aliphatic heterocycles. The van der Waals surface area contributed by atoms with Crippen LogP contribution in [0.2, 0.25) is 0 Å². The van der Waals surface area contributed by atoms with E-state index in [1.807, 2.05) is 37.9 Å². The SMILES string of the molecule is Cc1ccc(C(=O)N(C)CCCCCBr)c(C)c1. The minimum absolute atomic E-state index is 0.131. The number of nitrogens with zero attached hydrogens (tertiary/aromatic N) is 1. The first-order valence-corrected chi connectivity index (χ1v) is 7.57. The number of alkyl halides is 1. The average molecular weight is 312 g/mol. The fourth-order valence-electron chi connectivity index (χ4n) is 1.98. The van der Waals surface area contributed by atoms with Crippen LogP contribution < -0.4 is 0 Å². The van der Waals surface area contributed by atoms with Crippen LogP contribution in [0.4, 0.5) is 0 Å². The van der Waals surface area contributed by atoms with Gasteiger partial charge in [-0.1, -0.05) is 40.0 Å². The summed E-state index contributed by atoms with van der Waals surface area (Å²) in [7, 11) is 1.88. The van der Waals surface area contributed by atoms with Gasteiger partial charge in [0, 0.05) is 24.5 Å². The molecule has 1 aromatic carbocycles. The summed E-state index contributed by atoms with van der Waals surface area (Å²) < 4.78 is 0. The van der Waals surface area contributed by atoms with Gasteiger partial charge in [0.05, 0.1) is 0 Å². The van der Waals surface area contributed by atoms with E-state index >= 15 is 0 Å². The van der Waals surface area contributed by atoms with E-state index in [9.17, 15) is 4.79 Å². The Morgan fingerprint density at radius 3 is 2.56 bits per heavy atom. The molecular formula is C15H22BrNO. The lowest BCUT2D eigenvalue weighted by Gasteiger charge is -2.18. The molecule has 0 saturated heterocycles. The van der Waals surface area contributed by atoms with Gasteiger partial charge in [-0.15, -0.1) is 0 Å². The summed E-state index contributed by atoms with van der Waals surface area (Å²) in [5, 5.41) is 1.04. The van der Waals surface area contributed by atoms with Crippen molar-refractivity contribution in [2.75, 3.05) is 18.9 Å². The molecule has 0 unspecified atom stereocenters. The highest BCUT2D eigenvalue weighted by atomic mass is 79.9. The predicted molar refractivity (Wildman–Crippen MR) is 80.5 cm³/mol. The highest BCUT2D eigenvalue weighted by Gasteiger charge is 2.13. The summed E-state index contributed by atoms with van der Waals surface area (Å²) in [4.78, 5) is 14.1. The van der Waals surface area contributed by atoms with Gasteiger partial charge in [0.1, 0.15) is 0 Å². The van der Waals surface area contributed by atoms with Gasteiger partial charge >= 0.3 is 0 Å². The van der Waals surface area contributed by atoms with E-state index in [2.05, 4.69) is 22.0 Å². The predicted octanol–water partition coefficient (Wildman–Crippen LogP) is 3.94. The molecule has 0 atom stereocenters. The Morgan fingerprint density at radius 1 is 1.22 bits per heavy atom. The summed E-state index contributed by atoms with van der Waals surface area (Å²) in [5.74, 6) is 0.131. The lowest BCUT2D eigenvalue weighted by Crippen LogP contribution is -2.28. The molecule has 0 radical (unpaired) electrons. The van der Waals surface area contributed by atoms with Crippen LogP contribution in [0.1, 0.15) is 40.7 Å². The maximum Gasteiger partial charge on any atom is 0.253 e. The standard InChI is InChI=1S/C15H22BrNO/c1-12-7-8-14(13(2)11-12)15(18)17(3)10-6-4-5-9-16/h7-8,11H,4-6,9-10H2,1-3H3. The second-order valence-corrected chi connectivity index (χ2v) is 5.59. The number of hydrogen-bond acceptors (Lipinski definition) is 1. The van der Waals surface area contributed by atoms with Crippen LogP contribution >= 0.6 is 15.9 Å². The van der Waals surface area contributed by atoms with Gasteiger partial charge in [0.2, 0.25) is 0 Å². The first-order chi connectivity index (χ1) is 8.56. The Kier molecular flexibility index (Phi) is 6.41. The van der Waals surface area contributed by atoms with Crippen molar-refractivity contribution >= 4 is 21.8 Å². The topological polar surface area (TPSA) is 20.3 Å². The van der Waals surface area contributed by atoms with E-state index < -0.39 is 0 Å². The molecule has 2 nitrogen and oxygen atoms in total. The zero-order valence-electron chi connectivity index (χ0n) is 11.5. The van der Waals surface area contributed by atoms with Gasteiger partial charge in [0.15, 0.2) is 0 Å². The molecule has 0 aliphatic rings. The molecule has 0 bridgehead atoms. The number of halogens is 1. The van der Waals surface area contributed by atoms with E-state index in [1.54, 1.807) is 0 Å². The summed E-state index contributed by atoms with van der Waals surface area (Å²) in [6.07, 6.45) is 3.40. The molecule has 0 spiro atoms. The molecule has 0 N–H and O–H groups in total. The Balaban J connectivity index is 2.57. The Bertz CT molecular complexity index is 403. The van der Waals surface area contributed by atoms with Crippen LogP contribution in [-0.4, -0.2) is 29.7 Å². The minimum atomic E-state index is 0.131. The quantitative estimate of drug-likeness (QED) is 0.575. The van der Waals surface area contributed by atoms with Gasteiger partial charge in [-0.3, -0.25) is 4.79 Å². The lowest BCUT2D eigenvalue weighted by atomic mass is 10.0. The third-order valence-electron chi connectivity index (χ3n) is 3.09. The Hall–Kier alpha value is -0.830. The number of amides is 1. The van der Waals surface area contributed by atoms with Crippen molar-refractivity contribution in [3.8, 4) is 0 Å². The molecule has 0 saturated carbocycles. The smallest absolute Gasteiger partial charge is 0.253 e. The molecule has 0 fully saturated rings.